The number of carbonyl (C=O) groups excluding carboxylic acids is 2. The number of sulfone groups is 1. The Bertz CT molecular complexity index is 724. The second-order valence-corrected chi connectivity index (χ2v) is 7.85. The number of benzene rings is 1. The van der Waals surface area contributed by atoms with Crippen LogP contribution in [0.4, 0.5) is 0 Å². The number of hydrogen-bond donors (Lipinski definition) is 0. The fraction of sp³-hybridized carbons (Fsp3) is 0.500. The Labute approximate surface area is 140 Å². The topological polar surface area (TPSA) is 96.0 Å². The molecule has 1 fully saturated rings. The van der Waals surface area contributed by atoms with Crippen molar-refractivity contribution < 1.29 is 32.2 Å². The fourth-order valence-corrected chi connectivity index (χ4v) is 4.45. The molecule has 0 spiro atoms. The van der Waals surface area contributed by atoms with E-state index in [1.807, 2.05) is 0 Å². The SMILES string of the molecule is COc1ccc(OC)c(C(=O)COC(=O)C[C@H]2CCS(=O)(=O)C2)c1. The van der Waals surface area contributed by atoms with Crippen LogP contribution in [0.1, 0.15) is 23.2 Å². The third-order valence-electron chi connectivity index (χ3n) is 3.85. The maximum absolute atomic E-state index is 12.2. The normalized spacial score (nSPS) is 18.8. The minimum atomic E-state index is -3.04. The van der Waals surface area contributed by atoms with Crippen LogP contribution in [-0.2, 0) is 19.4 Å². The average molecular weight is 356 g/mol. The third kappa shape index (κ3) is 4.70. The van der Waals surface area contributed by atoms with E-state index in [1.54, 1.807) is 12.1 Å². The molecule has 1 aliphatic rings. The molecule has 8 heteroatoms. The van der Waals surface area contributed by atoms with Crippen molar-refractivity contribution in [3.63, 3.8) is 0 Å². The number of carbonyl (C=O) groups is 2. The fourth-order valence-electron chi connectivity index (χ4n) is 2.58. The number of methoxy groups -OCH3 is 2. The van der Waals surface area contributed by atoms with E-state index in [4.69, 9.17) is 14.2 Å². The van der Waals surface area contributed by atoms with Gasteiger partial charge >= 0.3 is 5.97 Å². The van der Waals surface area contributed by atoms with Gasteiger partial charge in [-0.15, -0.1) is 0 Å². The summed E-state index contributed by atoms with van der Waals surface area (Å²) in [6, 6.07) is 4.76. The molecule has 1 heterocycles. The van der Waals surface area contributed by atoms with E-state index in [1.165, 1.54) is 20.3 Å². The summed E-state index contributed by atoms with van der Waals surface area (Å²) >= 11 is 0. The van der Waals surface area contributed by atoms with Gasteiger partial charge in [-0.05, 0) is 30.5 Å². The zero-order chi connectivity index (χ0) is 17.7. The first-order valence-corrected chi connectivity index (χ1v) is 9.28. The van der Waals surface area contributed by atoms with E-state index in [-0.39, 0.29) is 29.4 Å². The maximum Gasteiger partial charge on any atom is 0.306 e. The monoisotopic (exact) mass is 356 g/mol. The van der Waals surface area contributed by atoms with E-state index in [2.05, 4.69) is 0 Å². The zero-order valence-electron chi connectivity index (χ0n) is 13.6. The highest BCUT2D eigenvalue weighted by molar-refractivity contribution is 7.91. The lowest BCUT2D eigenvalue weighted by molar-refractivity contribution is -0.143. The number of hydrogen-bond acceptors (Lipinski definition) is 7. The summed E-state index contributed by atoms with van der Waals surface area (Å²) in [5.74, 6) is -0.278. The van der Waals surface area contributed by atoms with Gasteiger partial charge in [0.2, 0.25) is 5.78 Å². The van der Waals surface area contributed by atoms with Crippen LogP contribution in [-0.4, -0.2) is 52.5 Å². The minimum Gasteiger partial charge on any atom is -0.497 e. The summed E-state index contributed by atoms with van der Waals surface area (Å²) in [4.78, 5) is 24.0. The Balaban J connectivity index is 1.92. The second-order valence-electron chi connectivity index (χ2n) is 5.62. The van der Waals surface area contributed by atoms with Crippen LogP contribution in [0.15, 0.2) is 18.2 Å². The second kappa shape index (κ2) is 7.65. The molecule has 0 aliphatic carbocycles. The van der Waals surface area contributed by atoms with Crippen molar-refractivity contribution in [2.75, 3.05) is 32.3 Å². The summed E-state index contributed by atoms with van der Waals surface area (Å²) < 4.78 is 37.9. The maximum atomic E-state index is 12.2. The molecule has 0 unspecified atom stereocenters. The van der Waals surface area contributed by atoms with Crippen molar-refractivity contribution in [3.05, 3.63) is 23.8 Å². The van der Waals surface area contributed by atoms with Gasteiger partial charge in [0.1, 0.15) is 11.5 Å². The average Bonchev–Trinajstić information content (AvgIpc) is 2.90. The van der Waals surface area contributed by atoms with Gasteiger partial charge in [-0.25, -0.2) is 8.42 Å². The lowest BCUT2D eigenvalue weighted by Crippen LogP contribution is -2.18. The van der Waals surface area contributed by atoms with Gasteiger partial charge in [0.05, 0.1) is 31.3 Å². The largest absolute Gasteiger partial charge is 0.497 e. The summed E-state index contributed by atoms with van der Waals surface area (Å²) in [5, 5.41) is 0. The summed E-state index contributed by atoms with van der Waals surface area (Å²) in [7, 11) is -0.124. The molecule has 1 atom stereocenters. The number of rotatable bonds is 7. The van der Waals surface area contributed by atoms with Crippen LogP contribution in [0.2, 0.25) is 0 Å². The highest BCUT2D eigenvalue weighted by Crippen LogP contribution is 2.25. The molecule has 0 radical (unpaired) electrons. The predicted molar refractivity (Wildman–Crippen MR) is 86.2 cm³/mol. The molecule has 0 amide bonds. The predicted octanol–water partition coefficient (Wildman–Crippen LogP) is 1.25. The summed E-state index contributed by atoms with van der Waals surface area (Å²) in [5.41, 5.74) is 0.257. The van der Waals surface area contributed by atoms with E-state index < -0.39 is 28.2 Å². The molecular weight excluding hydrogens is 336 g/mol. The van der Waals surface area contributed by atoms with Crippen molar-refractivity contribution in [3.8, 4) is 11.5 Å². The van der Waals surface area contributed by atoms with Gasteiger partial charge in [0.15, 0.2) is 16.4 Å². The van der Waals surface area contributed by atoms with Crippen molar-refractivity contribution in [2.24, 2.45) is 5.92 Å². The quantitative estimate of drug-likeness (QED) is 0.536. The molecule has 0 N–H and O–H groups in total. The Hall–Kier alpha value is -2.09. The molecule has 24 heavy (non-hydrogen) atoms. The van der Waals surface area contributed by atoms with Crippen molar-refractivity contribution >= 4 is 21.6 Å². The Morgan fingerprint density at radius 1 is 1.21 bits per heavy atom. The molecular formula is C16H20O7S. The molecule has 0 saturated carbocycles. The summed E-state index contributed by atoms with van der Waals surface area (Å²) in [6.07, 6.45) is 0.455. The molecule has 1 aromatic carbocycles. The van der Waals surface area contributed by atoms with Crippen LogP contribution >= 0.6 is 0 Å². The first-order chi connectivity index (χ1) is 11.3. The van der Waals surface area contributed by atoms with Crippen LogP contribution in [0.3, 0.4) is 0 Å². The Kier molecular flexibility index (Phi) is 5.82. The van der Waals surface area contributed by atoms with E-state index in [0.717, 1.165) is 0 Å². The molecule has 0 aromatic heterocycles. The number of ether oxygens (including phenoxy) is 3. The number of Topliss-reactive ketones (excluding diaryl/α,β-unsaturated/α-hetero) is 1. The lowest BCUT2D eigenvalue weighted by Gasteiger charge is -2.11. The van der Waals surface area contributed by atoms with Gasteiger partial charge in [-0.2, -0.15) is 0 Å². The molecule has 132 valence electrons. The Morgan fingerprint density at radius 3 is 2.54 bits per heavy atom. The highest BCUT2D eigenvalue weighted by Gasteiger charge is 2.30. The lowest BCUT2D eigenvalue weighted by atomic mass is 10.1. The van der Waals surface area contributed by atoms with Gasteiger partial charge in [0, 0.05) is 6.42 Å². The third-order valence-corrected chi connectivity index (χ3v) is 5.69. The van der Waals surface area contributed by atoms with Crippen LogP contribution in [0.25, 0.3) is 0 Å². The summed E-state index contributed by atoms with van der Waals surface area (Å²) in [6.45, 7) is -0.429. The number of ketones is 1. The first-order valence-electron chi connectivity index (χ1n) is 7.46. The first kappa shape index (κ1) is 18.3. The standard InChI is InChI=1S/C16H20O7S/c1-21-12-3-4-15(22-2)13(8-12)14(17)9-23-16(18)7-11-5-6-24(19,20)10-11/h3-4,8,11H,5-7,9-10H2,1-2H3/t11-/m1/s1. The van der Waals surface area contributed by atoms with E-state index in [0.29, 0.717) is 17.9 Å². The van der Waals surface area contributed by atoms with E-state index in [9.17, 15) is 18.0 Å². The molecule has 1 aliphatic heterocycles. The number of esters is 1. The zero-order valence-corrected chi connectivity index (χ0v) is 14.4. The highest BCUT2D eigenvalue weighted by atomic mass is 32.2. The molecule has 2 rings (SSSR count). The van der Waals surface area contributed by atoms with Crippen molar-refractivity contribution in [1.29, 1.82) is 0 Å². The molecule has 0 bridgehead atoms. The molecule has 1 aromatic rings. The van der Waals surface area contributed by atoms with Crippen LogP contribution in [0, 0.1) is 5.92 Å². The van der Waals surface area contributed by atoms with Crippen molar-refractivity contribution in [1.82, 2.24) is 0 Å². The van der Waals surface area contributed by atoms with Gasteiger partial charge in [-0.1, -0.05) is 0 Å². The van der Waals surface area contributed by atoms with Crippen LogP contribution in [0.5, 0.6) is 11.5 Å². The Morgan fingerprint density at radius 2 is 1.96 bits per heavy atom. The van der Waals surface area contributed by atoms with E-state index >= 15 is 0 Å². The molecule has 1 saturated heterocycles. The minimum absolute atomic E-state index is 0.000245. The van der Waals surface area contributed by atoms with Gasteiger partial charge in [-0.3, -0.25) is 9.59 Å². The van der Waals surface area contributed by atoms with Crippen LogP contribution < -0.4 is 9.47 Å². The van der Waals surface area contributed by atoms with Gasteiger partial charge in [0.25, 0.3) is 0 Å². The van der Waals surface area contributed by atoms with Gasteiger partial charge < -0.3 is 14.2 Å². The smallest absolute Gasteiger partial charge is 0.306 e. The van der Waals surface area contributed by atoms with Crippen molar-refractivity contribution in [2.45, 2.75) is 12.8 Å². The molecule has 7 nitrogen and oxygen atoms in total.